The largest absolute Gasteiger partial charge is 0.479 e. The van der Waals surface area contributed by atoms with Crippen LogP contribution in [0.2, 0.25) is 0 Å². The molecule has 2 aromatic rings. The molecular weight excluding hydrogens is 295 g/mol. The number of aliphatic hydroxyl groups is 2. The van der Waals surface area contributed by atoms with Crippen LogP contribution in [0.4, 0.5) is 4.39 Å². The monoisotopic (exact) mass is 312 g/mol. The molecule has 22 heavy (non-hydrogen) atoms. The normalized spacial score (nSPS) is 35.2. The van der Waals surface area contributed by atoms with E-state index in [1.807, 2.05) is 0 Å². The number of nitrogens with zero attached hydrogens (tertiary/aromatic N) is 4. The molecule has 1 saturated heterocycles. The molecule has 0 radical (unpaired) electrons. The highest BCUT2D eigenvalue weighted by Gasteiger charge is 2.63. The Labute approximate surface area is 125 Å². The van der Waals surface area contributed by atoms with Crippen LogP contribution in [-0.2, 0) is 4.74 Å². The SMILES string of the molecule is COc1ncnc2c1ncn2[C@@H]1O[C@H](CO)[C@](C)(O)[C@@]1(C)F. The van der Waals surface area contributed by atoms with Gasteiger partial charge in [0.05, 0.1) is 20.0 Å². The van der Waals surface area contributed by atoms with Gasteiger partial charge in [-0.3, -0.25) is 4.57 Å². The van der Waals surface area contributed by atoms with Crippen LogP contribution in [0.5, 0.6) is 5.88 Å². The van der Waals surface area contributed by atoms with Gasteiger partial charge < -0.3 is 19.7 Å². The summed E-state index contributed by atoms with van der Waals surface area (Å²) in [6, 6.07) is 0. The van der Waals surface area contributed by atoms with Crippen LogP contribution in [0.1, 0.15) is 20.1 Å². The van der Waals surface area contributed by atoms with Crippen LogP contribution in [-0.4, -0.2) is 60.8 Å². The van der Waals surface area contributed by atoms with Crippen molar-refractivity contribution in [2.24, 2.45) is 0 Å². The summed E-state index contributed by atoms with van der Waals surface area (Å²) in [7, 11) is 1.44. The fourth-order valence-electron chi connectivity index (χ4n) is 2.68. The van der Waals surface area contributed by atoms with E-state index in [9.17, 15) is 10.2 Å². The molecule has 9 heteroatoms. The van der Waals surface area contributed by atoms with E-state index in [0.717, 1.165) is 0 Å². The maximum absolute atomic E-state index is 15.2. The van der Waals surface area contributed by atoms with Gasteiger partial charge in [-0.05, 0) is 13.8 Å². The minimum absolute atomic E-state index is 0.257. The Bertz CT molecular complexity index is 702. The molecule has 1 aliphatic heterocycles. The van der Waals surface area contributed by atoms with Gasteiger partial charge in [-0.15, -0.1) is 0 Å². The molecule has 1 aliphatic rings. The molecule has 2 aromatic heterocycles. The summed E-state index contributed by atoms with van der Waals surface area (Å²) < 4.78 is 27.1. The quantitative estimate of drug-likeness (QED) is 0.834. The molecule has 2 N–H and O–H groups in total. The van der Waals surface area contributed by atoms with Crippen LogP contribution in [0.15, 0.2) is 12.7 Å². The fraction of sp³-hybridized carbons (Fsp3) is 0.615. The van der Waals surface area contributed by atoms with E-state index in [1.54, 1.807) is 0 Å². The lowest BCUT2D eigenvalue weighted by molar-refractivity contribution is -0.0891. The molecule has 0 aromatic carbocycles. The molecule has 120 valence electrons. The summed E-state index contributed by atoms with van der Waals surface area (Å²) in [6.07, 6.45) is 0.365. The summed E-state index contributed by atoms with van der Waals surface area (Å²) in [6.45, 7) is 2.01. The zero-order valence-electron chi connectivity index (χ0n) is 12.4. The van der Waals surface area contributed by atoms with Crippen molar-refractivity contribution in [1.82, 2.24) is 19.5 Å². The lowest BCUT2D eigenvalue weighted by Gasteiger charge is -2.32. The number of halogens is 1. The summed E-state index contributed by atoms with van der Waals surface area (Å²) in [5, 5.41) is 19.7. The molecule has 3 rings (SSSR count). The maximum atomic E-state index is 15.2. The number of imidazole rings is 1. The van der Waals surface area contributed by atoms with Crippen LogP contribution in [0, 0.1) is 0 Å². The number of hydrogen-bond donors (Lipinski definition) is 2. The Balaban J connectivity index is 2.12. The summed E-state index contributed by atoms with van der Waals surface area (Å²) in [4.78, 5) is 12.1. The first-order chi connectivity index (χ1) is 10.3. The number of hydrogen-bond acceptors (Lipinski definition) is 7. The first kappa shape index (κ1) is 15.1. The predicted octanol–water partition coefficient (Wildman–Crippen LogP) is 0.204. The topological polar surface area (TPSA) is 103 Å². The number of alkyl halides is 1. The Morgan fingerprint density at radius 3 is 2.73 bits per heavy atom. The highest BCUT2D eigenvalue weighted by Crippen LogP contribution is 2.48. The van der Waals surface area contributed by atoms with Gasteiger partial charge in [0, 0.05) is 0 Å². The van der Waals surface area contributed by atoms with E-state index in [0.29, 0.717) is 11.2 Å². The number of ether oxygens (including phenoxy) is 2. The maximum Gasteiger partial charge on any atom is 0.245 e. The van der Waals surface area contributed by atoms with E-state index in [1.165, 1.54) is 38.2 Å². The van der Waals surface area contributed by atoms with Crippen molar-refractivity contribution in [3.05, 3.63) is 12.7 Å². The van der Waals surface area contributed by atoms with Crippen LogP contribution in [0.25, 0.3) is 11.2 Å². The molecule has 3 heterocycles. The Morgan fingerprint density at radius 2 is 2.14 bits per heavy atom. The van der Waals surface area contributed by atoms with Gasteiger partial charge in [0.1, 0.15) is 18.0 Å². The number of rotatable bonds is 3. The Hall–Kier alpha value is -1.84. The summed E-state index contributed by atoms with van der Waals surface area (Å²) >= 11 is 0. The predicted molar refractivity (Wildman–Crippen MR) is 73.0 cm³/mol. The molecule has 0 unspecified atom stereocenters. The molecule has 4 atom stereocenters. The molecule has 0 saturated carbocycles. The Kier molecular flexibility index (Phi) is 3.31. The van der Waals surface area contributed by atoms with Crippen molar-refractivity contribution >= 4 is 11.2 Å². The van der Waals surface area contributed by atoms with Gasteiger partial charge in [0.25, 0.3) is 0 Å². The van der Waals surface area contributed by atoms with Crippen molar-refractivity contribution in [1.29, 1.82) is 0 Å². The first-order valence-corrected chi connectivity index (χ1v) is 6.73. The van der Waals surface area contributed by atoms with Crippen molar-refractivity contribution in [3.63, 3.8) is 0 Å². The Morgan fingerprint density at radius 1 is 1.41 bits per heavy atom. The number of methoxy groups -OCH3 is 1. The van der Waals surface area contributed by atoms with Crippen LogP contribution >= 0.6 is 0 Å². The molecule has 0 amide bonds. The van der Waals surface area contributed by atoms with Gasteiger partial charge in [-0.25, -0.2) is 14.4 Å². The molecule has 0 aliphatic carbocycles. The molecule has 1 fully saturated rings. The zero-order valence-corrected chi connectivity index (χ0v) is 12.4. The molecule has 0 spiro atoms. The number of aliphatic hydroxyl groups excluding tert-OH is 1. The highest BCUT2D eigenvalue weighted by atomic mass is 19.1. The van der Waals surface area contributed by atoms with Crippen LogP contribution in [0.3, 0.4) is 0 Å². The highest BCUT2D eigenvalue weighted by molar-refractivity contribution is 5.76. The van der Waals surface area contributed by atoms with E-state index >= 15 is 4.39 Å². The summed E-state index contributed by atoms with van der Waals surface area (Å²) in [5.74, 6) is 0.257. The van der Waals surface area contributed by atoms with E-state index < -0.39 is 30.2 Å². The van der Waals surface area contributed by atoms with Crippen molar-refractivity contribution < 1.29 is 24.1 Å². The van der Waals surface area contributed by atoms with Crippen molar-refractivity contribution in [2.45, 2.75) is 37.4 Å². The third kappa shape index (κ3) is 1.82. The first-order valence-electron chi connectivity index (χ1n) is 6.73. The van der Waals surface area contributed by atoms with Gasteiger partial charge in [0.15, 0.2) is 23.1 Å². The fourth-order valence-corrected chi connectivity index (χ4v) is 2.68. The van der Waals surface area contributed by atoms with Gasteiger partial charge in [-0.2, -0.15) is 4.98 Å². The van der Waals surface area contributed by atoms with Gasteiger partial charge >= 0.3 is 0 Å². The zero-order chi connectivity index (χ0) is 16.1. The van der Waals surface area contributed by atoms with Crippen LogP contribution < -0.4 is 4.74 Å². The second-order valence-corrected chi connectivity index (χ2v) is 5.59. The second-order valence-electron chi connectivity index (χ2n) is 5.59. The average Bonchev–Trinajstić information content (AvgIpc) is 2.97. The summed E-state index contributed by atoms with van der Waals surface area (Å²) in [5.41, 5.74) is -3.35. The third-order valence-corrected chi connectivity index (χ3v) is 4.31. The second kappa shape index (κ2) is 4.83. The number of fused-ring (bicyclic) bond motifs is 1. The molecule has 8 nitrogen and oxygen atoms in total. The smallest absolute Gasteiger partial charge is 0.245 e. The van der Waals surface area contributed by atoms with Gasteiger partial charge in [-0.1, -0.05) is 0 Å². The van der Waals surface area contributed by atoms with Gasteiger partial charge in [0.2, 0.25) is 5.88 Å². The standard InChI is InChI=1S/C13H17FN4O4/c1-12(14)11(22-7(4-19)13(12,2)20)18-6-17-8-9(18)15-5-16-10(8)21-3/h5-7,11,19-20H,4H2,1-3H3/t7-,11-,12+,13+/m1/s1. The molecule has 0 bridgehead atoms. The van der Waals surface area contributed by atoms with E-state index in [2.05, 4.69) is 15.0 Å². The third-order valence-electron chi connectivity index (χ3n) is 4.31. The molecular formula is C13H17FN4O4. The average molecular weight is 312 g/mol. The minimum atomic E-state index is -2.16. The minimum Gasteiger partial charge on any atom is -0.479 e. The van der Waals surface area contributed by atoms with E-state index in [4.69, 9.17) is 9.47 Å². The lowest BCUT2D eigenvalue weighted by Crippen LogP contribution is -2.51. The van der Waals surface area contributed by atoms with Crippen molar-refractivity contribution in [2.75, 3.05) is 13.7 Å². The van der Waals surface area contributed by atoms with Crippen molar-refractivity contribution in [3.8, 4) is 5.88 Å². The van der Waals surface area contributed by atoms with E-state index in [-0.39, 0.29) is 5.88 Å². The number of aromatic nitrogens is 4. The lowest BCUT2D eigenvalue weighted by atomic mass is 9.85.